The lowest BCUT2D eigenvalue weighted by Gasteiger charge is -2.24. The first-order chi connectivity index (χ1) is 6.57. The van der Waals surface area contributed by atoms with Gasteiger partial charge in [-0.2, -0.15) is 0 Å². The molecular weight excluding hydrogens is 180 g/mol. The minimum absolute atomic E-state index is 0.0189. The van der Waals surface area contributed by atoms with Gasteiger partial charge in [0.25, 0.3) is 0 Å². The Bertz CT molecular complexity index is 224. The largest absolute Gasteiger partial charge is 0.452 e. The average molecular weight is 200 g/mol. The summed E-state index contributed by atoms with van der Waals surface area (Å²) in [5.41, 5.74) is -0.891. The number of hydrogen-bond acceptors (Lipinski definition) is 4. The molecule has 1 aliphatic rings. The van der Waals surface area contributed by atoms with Gasteiger partial charge in [0.2, 0.25) is 5.90 Å². The first kappa shape index (κ1) is 11.3. The number of aliphatic hydroxyl groups is 1. The summed E-state index contributed by atoms with van der Waals surface area (Å²) in [5.74, 6) is 0.469. The Morgan fingerprint density at radius 2 is 2.00 bits per heavy atom. The summed E-state index contributed by atoms with van der Waals surface area (Å²) in [6.07, 6.45) is 2.11. The normalized spacial score (nSPS) is 22.2. The van der Waals surface area contributed by atoms with Gasteiger partial charge in [-0.05, 0) is 12.8 Å². The molecule has 0 aromatic heterocycles. The first-order valence-corrected chi connectivity index (χ1v) is 5.28. The van der Waals surface area contributed by atoms with Crippen LogP contribution in [0.4, 0.5) is 0 Å². The molecule has 0 aliphatic carbocycles. The lowest BCUT2D eigenvalue weighted by molar-refractivity contribution is 0.0348. The Morgan fingerprint density at radius 1 is 1.43 bits per heavy atom. The second-order valence-corrected chi connectivity index (χ2v) is 3.70. The minimum atomic E-state index is -0.891. The molecule has 0 aromatic rings. The van der Waals surface area contributed by atoms with Crippen LogP contribution in [-0.2, 0) is 4.74 Å². The molecule has 0 saturated heterocycles. The van der Waals surface area contributed by atoms with Crippen LogP contribution in [-0.4, -0.2) is 34.9 Å². The molecule has 4 heteroatoms. The molecule has 1 rings (SSSR count). The van der Waals surface area contributed by atoms with E-state index in [4.69, 9.17) is 4.74 Å². The predicted molar refractivity (Wildman–Crippen MR) is 55.9 cm³/mol. The van der Waals surface area contributed by atoms with Gasteiger partial charge in [0.05, 0.1) is 0 Å². The maximum Gasteiger partial charge on any atom is 0.240 e. The highest BCUT2D eigenvalue weighted by Crippen LogP contribution is 2.24. The quantitative estimate of drug-likeness (QED) is 0.749. The molecular formula is C10H20N2O2. The van der Waals surface area contributed by atoms with Gasteiger partial charge >= 0.3 is 0 Å². The topological polar surface area (TPSA) is 45.1 Å². The van der Waals surface area contributed by atoms with Crippen LogP contribution in [0.1, 0.15) is 40.0 Å². The zero-order valence-corrected chi connectivity index (χ0v) is 9.45. The molecule has 0 fully saturated rings. The molecule has 82 valence electrons. The zero-order chi connectivity index (χ0) is 10.8. The summed E-state index contributed by atoms with van der Waals surface area (Å²) in [4.78, 5) is 0. The van der Waals surface area contributed by atoms with Gasteiger partial charge in [0, 0.05) is 13.5 Å². The van der Waals surface area contributed by atoms with Crippen molar-refractivity contribution < 1.29 is 9.84 Å². The molecule has 0 spiro atoms. The summed E-state index contributed by atoms with van der Waals surface area (Å²) in [5, 5.41) is 16.2. The summed E-state index contributed by atoms with van der Waals surface area (Å²) in [6.45, 7) is 5.92. The first-order valence-electron chi connectivity index (χ1n) is 5.28. The molecule has 4 nitrogen and oxygen atoms in total. The molecule has 0 bridgehead atoms. The van der Waals surface area contributed by atoms with Crippen LogP contribution in [0.25, 0.3) is 0 Å². The van der Waals surface area contributed by atoms with Gasteiger partial charge in [-0.25, -0.2) is 0 Å². The lowest BCUT2D eigenvalue weighted by atomic mass is 9.97. The fourth-order valence-electron chi connectivity index (χ4n) is 1.54. The smallest absolute Gasteiger partial charge is 0.240 e. The van der Waals surface area contributed by atoms with E-state index in [0.717, 1.165) is 6.42 Å². The Balaban J connectivity index is 2.76. The molecule has 1 atom stereocenters. The summed E-state index contributed by atoms with van der Waals surface area (Å²) in [6, 6.07) is 0. The Kier molecular flexibility index (Phi) is 3.37. The van der Waals surface area contributed by atoms with Crippen molar-refractivity contribution >= 4 is 5.90 Å². The van der Waals surface area contributed by atoms with Gasteiger partial charge in [-0.3, -0.25) is 5.01 Å². The Morgan fingerprint density at radius 3 is 2.36 bits per heavy atom. The zero-order valence-electron chi connectivity index (χ0n) is 9.45. The highest BCUT2D eigenvalue weighted by atomic mass is 16.5. The molecule has 1 aliphatic heterocycles. The average Bonchev–Trinajstić information content (AvgIpc) is 2.59. The standard InChI is InChI=1S/C10H20N2O2/c1-5-8-12(4)11-9(14-8)10(13,6-2)7-3/h8,13H,5-7H2,1-4H3. The third-order valence-corrected chi connectivity index (χ3v) is 2.83. The van der Waals surface area contributed by atoms with Crippen molar-refractivity contribution in [2.45, 2.75) is 51.9 Å². The van der Waals surface area contributed by atoms with E-state index in [9.17, 15) is 5.11 Å². The number of ether oxygens (including phenoxy) is 1. The molecule has 0 amide bonds. The van der Waals surface area contributed by atoms with Crippen LogP contribution < -0.4 is 0 Å². The minimum Gasteiger partial charge on any atom is -0.452 e. The SMILES string of the molecule is CCC1OC(C(O)(CC)CC)=NN1C. The molecule has 0 saturated carbocycles. The fraction of sp³-hybridized carbons (Fsp3) is 0.900. The second-order valence-electron chi connectivity index (χ2n) is 3.70. The molecule has 1 heterocycles. The van der Waals surface area contributed by atoms with Crippen molar-refractivity contribution in [2.24, 2.45) is 5.10 Å². The van der Waals surface area contributed by atoms with E-state index in [1.165, 1.54) is 0 Å². The number of nitrogens with zero attached hydrogens (tertiary/aromatic N) is 2. The second kappa shape index (κ2) is 4.17. The molecule has 0 radical (unpaired) electrons. The van der Waals surface area contributed by atoms with Crippen molar-refractivity contribution in [3.8, 4) is 0 Å². The lowest BCUT2D eigenvalue weighted by Crippen LogP contribution is -2.38. The van der Waals surface area contributed by atoms with Gasteiger partial charge in [-0.15, -0.1) is 5.10 Å². The van der Waals surface area contributed by atoms with Crippen LogP contribution in [0, 0.1) is 0 Å². The fourth-order valence-corrected chi connectivity index (χ4v) is 1.54. The monoisotopic (exact) mass is 200 g/mol. The van der Waals surface area contributed by atoms with Crippen molar-refractivity contribution in [3.05, 3.63) is 0 Å². The van der Waals surface area contributed by atoms with Crippen LogP contribution in [0.15, 0.2) is 5.10 Å². The van der Waals surface area contributed by atoms with Gasteiger partial charge < -0.3 is 9.84 Å². The van der Waals surface area contributed by atoms with E-state index in [-0.39, 0.29) is 6.23 Å². The number of hydrogen-bond donors (Lipinski definition) is 1. The van der Waals surface area contributed by atoms with Crippen LogP contribution in [0.2, 0.25) is 0 Å². The van der Waals surface area contributed by atoms with Crippen molar-refractivity contribution in [1.29, 1.82) is 0 Å². The highest BCUT2D eigenvalue weighted by molar-refractivity contribution is 5.85. The maximum atomic E-state index is 10.2. The van der Waals surface area contributed by atoms with Crippen LogP contribution in [0.3, 0.4) is 0 Å². The number of rotatable bonds is 4. The summed E-state index contributed by atoms with van der Waals surface area (Å²) >= 11 is 0. The van der Waals surface area contributed by atoms with Crippen molar-refractivity contribution in [3.63, 3.8) is 0 Å². The Hall–Kier alpha value is -0.770. The van der Waals surface area contributed by atoms with E-state index in [1.54, 1.807) is 5.01 Å². The molecule has 14 heavy (non-hydrogen) atoms. The third-order valence-electron chi connectivity index (χ3n) is 2.83. The predicted octanol–water partition coefficient (Wildman–Crippen LogP) is 1.55. The summed E-state index contributed by atoms with van der Waals surface area (Å²) < 4.78 is 5.60. The summed E-state index contributed by atoms with van der Waals surface area (Å²) in [7, 11) is 1.87. The molecule has 0 aromatic carbocycles. The van der Waals surface area contributed by atoms with E-state index in [2.05, 4.69) is 5.10 Å². The van der Waals surface area contributed by atoms with Crippen LogP contribution >= 0.6 is 0 Å². The third kappa shape index (κ3) is 1.85. The maximum absolute atomic E-state index is 10.2. The van der Waals surface area contributed by atoms with Gasteiger partial charge in [0.15, 0.2) is 6.23 Å². The molecule has 1 unspecified atom stereocenters. The van der Waals surface area contributed by atoms with Gasteiger partial charge in [0.1, 0.15) is 5.60 Å². The van der Waals surface area contributed by atoms with Gasteiger partial charge in [-0.1, -0.05) is 20.8 Å². The van der Waals surface area contributed by atoms with E-state index in [0.29, 0.717) is 18.7 Å². The molecule has 1 N–H and O–H groups in total. The number of hydrazone groups is 1. The highest BCUT2D eigenvalue weighted by Gasteiger charge is 2.37. The van der Waals surface area contributed by atoms with E-state index in [1.807, 2.05) is 27.8 Å². The van der Waals surface area contributed by atoms with E-state index < -0.39 is 5.60 Å². The Labute approximate surface area is 85.6 Å². The van der Waals surface area contributed by atoms with Crippen molar-refractivity contribution in [2.75, 3.05) is 7.05 Å². The van der Waals surface area contributed by atoms with E-state index >= 15 is 0 Å². The van der Waals surface area contributed by atoms with Crippen molar-refractivity contribution in [1.82, 2.24) is 5.01 Å². The van der Waals surface area contributed by atoms with Crippen LogP contribution in [0.5, 0.6) is 0 Å².